The molecule has 3 nitrogen and oxygen atoms in total. The van der Waals surface area contributed by atoms with Gasteiger partial charge in [0.2, 0.25) is 0 Å². The lowest BCUT2D eigenvalue weighted by atomic mass is 9.83. The normalized spacial score (nSPS) is 23.1. The molecule has 1 saturated carbocycles. The van der Waals surface area contributed by atoms with Crippen molar-refractivity contribution in [3.05, 3.63) is 29.6 Å². The van der Waals surface area contributed by atoms with Crippen LogP contribution in [-0.4, -0.2) is 31.6 Å². The van der Waals surface area contributed by atoms with Crippen LogP contribution >= 0.6 is 0 Å². The molecule has 0 heterocycles. The van der Waals surface area contributed by atoms with Crippen LogP contribution in [0.5, 0.6) is 5.75 Å². The van der Waals surface area contributed by atoms with E-state index in [2.05, 4.69) is 11.9 Å². The number of halogens is 1. The summed E-state index contributed by atoms with van der Waals surface area (Å²) in [5.41, 5.74) is 6.86. The van der Waals surface area contributed by atoms with Crippen LogP contribution in [0.2, 0.25) is 0 Å². The van der Waals surface area contributed by atoms with Gasteiger partial charge in [0.15, 0.2) is 11.6 Å². The van der Waals surface area contributed by atoms with Gasteiger partial charge < -0.3 is 10.5 Å². The van der Waals surface area contributed by atoms with Crippen LogP contribution in [0.15, 0.2) is 18.2 Å². The Bertz CT molecular complexity index is 438. The van der Waals surface area contributed by atoms with Crippen molar-refractivity contribution in [3.8, 4) is 5.75 Å². The molecule has 0 radical (unpaired) electrons. The van der Waals surface area contributed by atoms with Crippen LogP contribution in [0.3, 0.4) is 0 Å². The van der Waals surface area contributed by atoms with Crippen molar-refractivity contribution in [2.45, 2.75) is 38.3 Å². The van der Waals surface area contributed by atoms with E-state index in [1.54, 1.807) is 12.1 Å². The molecule has 0 aliphatic heterocycles. The maximum atomic E-state index is 13.7. The van der Waals surface area contributed by atoms with Gasteiger partial charge in [-0.1, -0.05) is 18.9 Å². The van der Waals surface area contributed by atoms with E-state index in [-0.39, 0.29) is 5.82 Å². The quantitative estimate of drug-likeness (QED) is 0.901. The van der Waals surface area contributed by atoms with Crippen LogP contribution in [0, 0.1) is 11.7 Å². The Morgan fingerprint density at radius 1 is 1.35 bits per heavy atom. The molecule has 0 amide bonds. The first-order valence-corrected chi connectivity index (χ1v) is 7.38. The van der Waals surface area contributed by atoms with Gasteiger partial charge in [-0.2, -0.15) is 0 Å². The SMILES string of the molecule is COc1ccc(CN(C)C2CCCCC2CN)cc1F. The average Bonchev–Trinajstić information content (AvgIpc) is 2.47. The number of nitrogens with two attached hydrogens (primary N) is 1. The van der Waals surface area contributed by atoms with Gasteiger partial charge >= 0.3 is 0 Å². The van der Waals surface area contributed by atoms with Crippen molar-refractivity contribution in [2.24, 2.45) is 11.7 Å². The molecule has 0 aromatic heterocycles. The van der Waals surface area contributed by atoms with Gasteiger partial charge in [-0.25, -0.2) is 4.39 Å². The van der Waals surface area contributed by atoms with Gasteiger partial charge in [-0.05, 0) is 50.0 Å². The summed E-state index contributed by atoms with van der Waals surface area (Å²) in [6.07, 6.45) is 4.95. The largest absolute Gasteiger partial charge is 0.494 e. The third-order valence-corrected chi connectivity index (χ3v) is 4.39. The van der Waals surface area contributed by atoms with Gasteiger partial charge in [-0.3, -0.25) is 4.90 Å². The predicted molar refractivity (Wildman–Crippen MR) is 79.2 cm³/mol. The lowest BCUT2D eigenvalue weighted by Gasteiger charge is -2.37. The smallest absolute Gasteiger partial charge is 0.165 e. The second kappa shape index (κ2) is 7.04. The standard InChI is InChI=1S/C16H25FN2O/c1-19(15-6-4-3-5-13(15)10-18)11-12-7-8-16(20-2)14(17)9-12/h7-9,13,15H,3-6,10-11,18H2,1-2H3. The van der Waals surface area contributed by atoms with Crippen molar-refractivity contribution in [1.82, 2.24) is 4.90 Å². The summed E-state index contributed by atoms with van der Waals surface area (Å²) in [6, 6.07) is 5.70. The van der Waals surface area contributed by atoms with E-state index in [1.165, 1.54) is 32.8 Å². The third kappa shape index (κ3) is 3.49. The number of benzene rings is 1. The average molecular weight is 280 g/mol. The molecule has 0 saturated heterocycles. The first-order valence-electron chi connectivity index (χ1n) is 7.38. The molecule has 1 aliphatic carbocycles. The molecule has 2 N–H and O–H groups in total. The van der Waals surface area contributed by atoms with Gasteiger partial charge in [0.05, 0.1) is 7.11 Å². The lowest BCUT2D eigenvalue weighted by Crippen LogP contribution is -2.42. The molecule has 4 heteroatoms. The van der Waals surface area contributed by atoms with Crippen LogP contribution < -0.4 is 10.5 Å². The highest BCUT2D eigenvalue weighted by Crippen LogP contribution is 2.28. The summed E-state index contributed by atoms with van der Waals surface area (Å²) in [6.45, 7) is 1.49. The second-order valence-electron chi connectivity index (χ2n) is 5.73. The molecule has 1 aromatic carbocycles. The minimum atomic E-state index is -0.294. The van der Waals surface area contributed by atoms with E-state index in [0.717, 1.165) is 18.7 Å². The molecule has 1 aliphatic rings. The number of methoxy groups -OCH3 is 1. The number of hydrogen-bond donors (Lipinski definition) is 1. The van der Waals surface area contributed by atoms with Crippen molar-refractivity contribution in [1.29, 1.82) is 0 Å². The second-order valence-corrected chi connectivity index (χ2v) is 5.73. The molecule has 1 fully saturated rings. The van der Waals surface area contributed by atoms with Crippen LogP contribution in [0.4, 0.5) is 4.39 Å². The number of nitrogens with zero attached hydrogens (tertiary/aromatic N) is 1. The van der Waals surface area contributed by atoms with E-state index in [4.69, 9.17) is 10.5 Å². The Morgan fingerprint density at radius 3 is 2.75 bits per heavy atom. The minimum absolute atomic E-state index is 0.294. The first-order chi connectivity index (χ1) is 9.65. The fourth-order valence-electron chi connectivity index (χ4n) is 3.26. The summed E-state index contributed by atoms with van der Waals surface area (Å²) >= 11 is 0. The summed E-state index contributed by atoms with van der Waals surface area (Å²) in [7, 11) is 3.60. The lowest BCUT2D eigenvalue weighted by molar-refractivity contribution is 0.127. The van der Waals surface area contributed by atoms with E-state index in [1.807, 2.05) is 6.07 Å². The molecule has 2 atom stereocenters. The first kappa shape index (κ1) is 15.3. The Hall–Kier alpha value is -1.13. The molecule has 20 heavy (non-hydrogen) atoms. The molecular weight excluding hydrogens is 255 g/mol. The number of rotatable bonds is 5. The fraction of sp³-hybridized carbons (Fsp3) is 0.625. The fourth-order valence-corrected chi connectivity index (χ4v) is 3.26. The number of hydrogen-bond acceptors (Lipinski definition) is 3. The molecule has 2 rings (SSSR count). The van der Waals surface area contributed by atoms with E-state index in [0.29, 0.717) is 17.7 Å². The molecule has 1 aromatic rings. The summed E-state index contributed by atoms with van der Waals surface area (Å²) < 4.78 is 18.7. The van der Waals surface area contributed by atoms with Crippen LogP contribution in [-0.2, 0) is 6.54 Å². The van der Waals surface area contributed by atoms with E-state index >= 15 is 0 Å². The van der Waals surface area contributed by atoms with Gasteiger partial charge in [0, 0.05) is 12.6 Å². The predicted octanol–water partition coefficient (Wildman–Crippen LogP) is 2.78. The Morgan fingerprint density at radius 2 is 2.10 bits per heavy atom. The zero-order valence-electron chi connectivity index (χ0n) is 12.4. The highest BCUT2D eigenvalue weighted by molar-refractivity contribution is 5.29. The summed E-state index contributed by atoms with van der Waals surface area (Å²) in [5, 5.41) is 0. The number of ether oxygens (including phenoxy) is 1. The highest BCUT2D eigenvalue weighted by atomic mass is 19.1. The van der Waals surface area contributed by atoms with Gasteiger partial charge in [0.25, 0.3) is 0 Å². The maximum Gasteiger partial charge on any atom is 0.165 e. The van der Waals surface area contributed by atoms with E-state index < -0.39 is 0 Å². The Balaban J connectivity index is 2.03. The molecule has 112 valence electrons. The molecule has 2 unspecified atom stereocenters. The van der Waals surface area contributed by atoms with Crippen molar-refractivity contribution < 1.29 is 9.13 Å². The van der Waals surface area contributed by atoms with Gasteiger partial charge in [0.1, 0.15) is 0 Å². The zero-order valence-corrected chi connectivity index (χ0v) is 12.4. The maximum absolute atomic E-state index is 13.7. The minimum Gasteiger partial charge on any atom is -0.494 e. The Kier molecular flexibility index (Phi) is 5.38. The monoisotopic (exact) mass is 280 g/mol. The van der Waals surface area contributed by atoms with Crippen LogP contribution in [0.25, 0.3) is 0 Å². The van der Waals surface area contributed by atoms with Crippen molar-refractivity contribution >= 4 is 0 Å². The topological polar surface area (TPSA) is 38.5 Å². The Labute approximate surface area is 120 Å². The third-order valence-electron chi connectivity index (χ3n) is 4.39. The van der Waals surface area contributed by atoms with E-state index in [9.17, 15) is 4.39 Å². The molecular formula is C16H25FN2O. The van der Waals surface area contributed by atoms with Gasteiger partial charge in [-0.15, -0.1) is 0 Å². The molecule has 0 spiro atoms. The van der Waals surface area contributed by atoms with Crippen molar-refractivity contribution in [2.75, 3.05) is 20.7 Å². The van der Waals surface area contributed by atoms with Crippen molar-refractivity contribution in [3.63, 3.8) is 0 Å². The molecule has 0 bridgehead atoms. The summed E-state index contributed by atoms with van der Waals surface area (Å²) in [5.74, 6) is 0.572. The summed E-state index contributed by atoms with van der Waals surface area (Å²) in [4.78, 5) is 2.32. The van der Waals surface area contributed by atoms with Crippen LogP contribution in [0.1, 0.15) is 31.2 Å². The highest BCUT2D eigenvalue weighted by Gasteiger charge is 2.27. The zero-order chi connectivity index (χ0) is 14.5.